The van der Waals surface area contributed by atoms with Crippen LogP contribution in [0.2, 0.25) is 0 Å². The average molecular weight is 728 g/mol. The summed E-state index contributed by atoms with van der Waals surface area (Å²) in [5, 5.41) is 0. The van der Waals surface area contributed by atoms with Crippen LogP contribution >= 0.6 is 0 Å². The second kappa shape index (κ2) is 15.2. The molecule has 0 radical (unpaired) electrons. The van der Waals surface area contributed by atoms with Crippen LogP contribution in [0.4, 0.5) is 17.1 Å². The number of benzene rings is 4. The van der Waals surface area contributed by atoms with Gasteiger partial charge in [0, 0.05) is 43.2 Å². The van der Waals surface area contributed by atoms with Crippen LogP contribution in [-0.4, -0.2) is 53.9 Å². The van der Waals surface area contributed by atoms with E-state index in [1.165, 1.54) is 91.0 Å². The van der Waals surface area contributed by atoms with Gasteiger partial charge in [-0.15, -0.1) is 0 Å². The van der Waals surface area contributed by atoms with Crippen molar-refractivity contribution in [1.82, 2.24) is 0 Å². The van der Waals surface area contributed by atoms with Gasteiger partial charge in [0.25, 0.3) is 17.7 Å². The third-order valence-corrected chi connectivity index (χ3v) is 7.97. The smallest absolute Gasteiger partial charge is 0.343 e. The fraction of sp³-hybridized carbons (Fsp3) is 0.0513. The SMILES string of the molecule is C=CC(=O)N(C=O)c1ccc(C(=O)Oc2cc(OC(=O)c3ccc(N4C(=O)C=CC4=O)cc3)cc(OC(=O)c3ccc(N4C(=O)CCC4=O)cc3)c2)cc1. The van der Waals surface area contributed by atoms with Gasteiger partial charge in [-0.3, -0.25) is 33.7 Å². The minimum atomic E-state index is -0.910. The molecular formula is C39H25N3O12. The Labute approximate surface area is 305 Å². The molecule has 54 heavy (non-hydrogen) atoms. The van der Waals surface area contributed by atoms with E-state index in [4.69, 9.17) is 14.2 Å². The van der Waals surface area contributed by atoms with Crippen molar-refractivity contribution in [2.75, 3.05) is 14.7 Å². The zero-order valence-corrected chi connectivity index (χ0v) is 27.8. The highest BCUT2D eigenvalue weighted by atomic mass is 16.6. The predicted octanol–water partition coefficient (Wildman–Crippen LogP) is 4.10. The first kappa shape index (κ1) is 36.0. The minimum absolute atomic E-state index is 0.00287. The van der Waals surface area contributed by atoms with Crippen LogP contribution in [0, 0.1) is 0 Å². The van der Waals surface area contributed by atoms with E-state index in [0.717, 1.165) is 32.9 Å². The van der Waals surface area contributed by atoms with Gasteiger partial charge in [-0.1, -0.05) is 6.58 Å². The first-order valence-electron chi connectivity index (χ1n) is 15.9. The Morgan fingerprint density at radius 1 is 0.574 bits per heavy atom. The molecule has 6 rings (SSSR count). The molecule has 0 N–H and O–H groups in total. The van der Waals surface area contributed by atoms with Crippen molar-refractivity contribution >= 4 is 70.9 Å². The van der Waals surface area contributed by atoms with E-state index in [9.17, 15) is 43.2 Å². The molecule has 15 heteroatoms. The molecular weight excluding hydrogens is 702 g/mol. The molecule has 0 unspecified atom stereocenters. The molecule has 0 aliphatic carbocycles. The van der Waals surface area contributed by atoms with Crippen LogP contribution in [0.15, 0.2) is 116 Å². The molecule has 268 valence electrons. The Balaban J connectivity index is 1.23. The number of imide groups is 3. The molecule has 4 aromatic rings. The average Bonchev–Trinajstić information content (AvgIpc) is 3.69. The summed E-state index contributed by atoms with van der Waals surface area (Å²) in [6.07, 6.45) is 3.64. The van der Waals surface area contributed by atoms with Gasteiger partial charge in [0.05, 0.1) is 33.8 Å². The van der Waals surface area contributed by atoms with Gasteiger partial charge in [0.2, 0.25) is 18.2 Å². The number of nitrogens with zero attached hydrogens (tertiary/aromatic N) is 3. The summed E-state index contributed by atoms with van der Waals surface area (Å²) in [6.45, 7) is 3.34. The van der Waals surface area contributed by atoms with Gasteiger partial charge >= 0.3 is 17.9 Å². The molecule has 15 nitrogen and oxygen atoms in total. The number of ether oxygens (including phenoxy) is 3. The normalized spacial score (nSPS) is 13.5. The van der Waals surface area contributed by atoms with Crippen LogP contribution in [-0.2, 0) is 28.8 Å². The lowest BCUT2D eigenvalue weighted by molar-refractivity contribution is -0.122. The van der Waals surface area contributed by atoms with E-state index in [1.807, 2.05) is 0 Å². The molecule has 1 saturated heterocycles. The van der Waals surface area contributed by atoms with Crippen LogP contribution in [0.3, 0.4) is 0 Å². The van der Waals surface area contributed by atoms with Gasteiger partial charge in [0.1, 0.15) is 17.2 Å². The van der Waals surface area contributed by atoms with Gasteiger partial charge in [0.15, 0.2) is 0 Å². The van der Waals surface area contributed by atoms with Crippen LogP contribution in [0.5, 0.6) is 17.2 Å². The number of hydrogen-bond acceptors (Lipinski definition) is 12. The van der Waals surface area contributed by atoms with Gasteiger partial charge in [-0.25, -0.2) is 24.2 Å². The molecule has 0 atom stereocenters. The second-order valence-electron chi connectivity index (χ2n) is 11.4. The standard InChI is InChI=1S/C39H25N3O12/c1-2-32(44)40(22-43)26-9-3-23(4-10-26)37(49)52-29-19-30(53-38(50)24-5-11-27(12-6-24)41-33(45)15-16-34(41)46)21-31(20-29)54-39(51)25-7-13-28(14-8-25)42-35(47)17-18-36(42)48/h2-16,19-22H,1,17-18H2. The highest BCUT2D eigenvalue weighted by Crippen LogP contribution is 2.31. The summed E-state index contributed by atoms with van der Waals surface area (Å²) in [7, 11) is 0. The lowest BCUT2D eigenvalue weighted by atomic mass is 10.2. The van der Waals surface area contributed by atoms with Crippen LogP contribution in [0.1, 0.15) is 43.9 Å². The number of hydrogen-bond donors (Lipinski definition) is 0. The fourth-order valence-corrected chi connectivity index (χ4v) is 5.33. The number of carbonyl (C=O) groups excluding carboxylic acids is 9. The monoisotopic (exact) mass is 727 g/mol. The molecule has 1 fully saturated rings. The number of carbonyl (C=O) groups is 9. The van der Waals surface area contributed by atoms with E-state index < -0.39 is 35.6 Å². The number of anilines is 3. The number of esters is 3. The molecule has 6 amide bonds. The Kier molecular flexibility index (Phi) is 10.1. The van der Waals surface area contributed by atoms with Crippen molar-refractivity contribution in [1.29, 1.82) is 0 Å². The summed E-state index contributed by atoms with van der Waals surface area (Å²) in [4.78, 5) is 114. The Hall–Kier alpha value is -7.81. The zero-order valence-electron chi connectivity index (χ0n) is 27.8. The third kappa shape index (κ3) is 7.59. The maximum Gasteiger partial charge on any atom is 0.343 e. The van der Waals surface area contributed by atoms with Crippen molar-refractivity contribution in [2.24, 2.45) is 0 Å². The topological polar surface area (TPSA) is 191 Å². The molecule has 0 saturated carbocycles. The van der Waals surface area contributed by atoms with Crippen molar-refractivity contribution in [3.63, 3.8) is 0 Å². The highest BCUT2D eigenvalue weighted by Gasteiger charge is 2.30. The van der Waals surface area contributed by atoms with Gasteiger partial charge in [-0.2, -0.15) is 0 Å². The zero-order chi connectivity index (χ0) is 38.5. The summed E-state index contributed by atoms with van der Waals surface area (Å²) in [5.74, 6) is -5.85. The maximum atomic E-state index is 13.2. The Bertz CT molecular complexity index is 2180. The first-order chi connectivity index (χ1) is 25.9. The van der Waals surface area contributed by atoms with E-state index in [1.54, 1.807) is 0 Å². The molecule has 4 aromatic carbocycles. The maximum absolute atomic E-state index is 13.2. The predicted molar refractivity (Wildman–Crippen MR) is 188 cm³/mol. The highest BCUT2D eigenvalue weighted by molar-refractivity contribution is 6.28. The van der Waals surface area contributed by atoms with Crippen LogP contribution < -0.4 is 28.9 Å². The molecule has 2 aliphatic heterocycles. The van der Waals surface area contributed by atoms with Crippen molar-refractivity contribution in [3.8, 4) is 17.2 Å². The number of rotatable bonds is 11. The molecule has 0 aromatic heterocycles. The summed E-state index contributed by atoms with van der Waals surface area (Å²) < 4.78 is 16.5. The van der Waals surface area contributed by atoms with Gasteiger partial charge in [-0.05, 0) is 78.9 Å². The third-order valence-electron chi connectivity index (χ3n) is 7.97. The second-order valence-corrected chi connectivity index (χ2v) is 11.4. The van der Waals surface area contributed by atoms with E-state index >= 15 is 0 Å². The lowest BCUT2D eigenvalue weighted by Crippen LogP contribution is -2.29. The largest absolute Gasteiger partial charge is 0.423 e. The molecule has 0 spiro atoms. The molecule has 2 aliphatic rings. The van der Waals surface area contributed by atoms with E-state index in [2.05, 4.69) is 6.58 Å². The molecule has 0 bridgehead atoms. The summed E-state index contributed by atoms with van der Waals surface area (Å²) in [5.41, 5.74) is 0.705. The Morgan fingerprint density at radius 3 is 1.31 bits per heavy atom. The van der Waals surface area contributed by atoms with Crippen molar-refractivity contribution in [3.05, 3.63) is 132 Å². The van der Waals surface area contributed by atoms with Gasteiger partial charge < -0.3 is 14.2 Å². The summed E-state index contributed by atoms with van der Waals surface area (Å²) >= 11 is 0. The fourth-order valence-electron chi connectivity index (χ4n) is 5.33. The number of amides is 6. The first-order valence-corrected chi connectivity index (χ1v) is 15.9. The Morgan fingerprint density at radius 2 is 0.944 bits per heavy atom. The molecule has 2 heterocycles. The quantitative estimate of drug-likeness (QED) is 0.0708. The van der Waals surface area contributed by atoms with Crippen molar-refractivity contribution < 1.29 is 57.4 Å². The summed E-state index contributed by atoms with van der Waals surface area (Å²) in [6, 6.07) is 19.7. The van der Waals surface area contributed by atoms with E-state index in [0.29, 0.717) is 0 Å². The lowest BCUT2D eigenvalue weighted by Gasteiger charge is -2.15. The van der Waals surface area contributed by atoms with Crippen molar-refractivity contribution in [2.45, 2.75) is 12.8 Å². The van der Waals surface area contributed by atoms with Crippen LogP contribution in [0.25, 0.3) is 0 Å². The minimum Gasteiger partial charge on any atom is -0.423 e. The van der Waals surface area contributed by atoms with E-state index in [-0.39, 0.29) is 82.1 Å².